The molecule has 0 spiro atoms. The lowest BCUT2D eigenvalue weighted by molar-refractivity contribution is 0.311. The van der Waals surface area contributed by atoms with Crippen LogP contribution in [0.25, 0.3) is 0 Å². The molecule has 0 amide bonds. The number of nitrogens with one attached hydrogen (secondary N) is 1. The van der Waals surface area contributed by atoms with Gasteiger partial charge in [0.25, 0.3) is 0 Å². The van der Waals surface area contributed by atoms with Crippen LogP contribution in [0, 0.1) is 6.92 Å². The smallest absolute Gasteiger partial charge is 0.0897 e. The van der Waals surface area contributed by atoms with Gasteiger partial charge in [-0.25, -0.2) is 4.98 Å². The van der Waals surface area contributed by atoms with Crippen molar-refractivity contribution in [2.75, 3.05) is 13.6 Å². The van der Waals surface area contributed by atoms with Gasteiger partial charge < -0.3 is 5.32 Å². The van der Waals surface area contributed by atoms with Crippen molar-refractivity contribution in [2.24, 2.45) is 0 Å². The standard InChI is InChI=1S/C15H22N4S/c1-4-16-8-13-6-5-7-14(18-13)9-19(3)10-15-11-20-12(2)17-15/h5-7,11,16H,4,8-10H2,1-3H3. The highest BCUT2D eigenvalue weighted by Crippen LogP contribution is 2.11. The third-order valence-electron chi connectivity index (χ3n) is 2.95. The highest BCUT2D eigenvalue weighted by molar-refractivity contribution is 7.09. The van der Waals surface area contributed by atoms with Crippen molar-refractivity contribution in [3.63, 3.8) is 0 Å². The van der Waals surface area contributed by atoms with Gasteiger partial charge in [0, 0.05) is 25.0 Å². The third kappa shape index (κ3) is 4.67. The fourth-order valence-corrected chi connectivity index (χ4v) is 2.66. The Hall–Kier alpha value is -1.30. The van der Waals surface area contributed by atoms with Gasteiger partial charge in [-0.2, -0.15) is 0 Å². The zero-order valence-corrected chi connectivity index (χ0v) is 13.2. The topological polar surface area (TPSA) is 41.0 Å². The quantitative estimate of drug-likeness (QED) is 0.851. The zero-order valence-electron chi connectivity index (χ0n) is 12.4. The first-order valence-corrected chi connectivity index (χ1v) is 7.80. The van der Waals surface area contributed by atoms with Gasteiger partial charge in [0.05, 0.1) is 22.1 Å². The van der Waals surface area contributed by atoms with Crippen molar-refractivity contribution in [3.05, 3.63) is 45.7 Å². The summed E-state index contributed by atoms with van der Waals surface area (Å²) in [7, 11) is 2.10. The largest absolute Gasteiger partial charge is 0.311 e. The minimum atomic E-state index is 0.833. The van der Waals surface area contributed by atoms with Crippen molar-refractivity contribution in [2.45, 2.75) is 33.5 Å². The molecule has 0 atom stereocenters. The van der Waals surface area contributed by atoms with Crippen molar-refractivity contribution < 1.29 is 0 Å². The van der Waals surface area contributed by atoms with E-state index < -0.39 is 0 Å². The molecule has 0 bridgehead atoms. The second-order valence-electron chi connectivity index (χ2n) is 4.93. The molecular formula is C15H22N4S. The van der Waals surface area contributed by atoms with Gasteiger partial charge in [-0.05, 0) is 32.6 Å². The highest BCUT2D eigenvalue weighted by Gasteiger charge is 2.06. The van der Waals surface area contributed by atoms with E-state index >= 15 is 0 Å². The van der Waals surface area contributed by atoms with Gasteiger partial charge >= 0.3 is 0 Å². The van der Waals surface area contributed by atoms with E-state index in [1.165, 1.54) is 0 Å². The first-order valence-electron chi connectivity index (χ1n) is 6.92. The molecule has 20 heavy (non-hydrogen) atoms. The molecule has 4 nitrogen and oxygen atoms in total. The summed E-state index contributed by atoms with van der Waals surface area (Å²) in [5.74, 6) is 0. The second-order valence-corrected chi connectivity index (χ2v) is 5.99. The zero-order chi connectivity index (χ0) is 14.4. The summed E-state index contributed by atoms with van der Waals surface area (Å²) in [6.45, 7) is 7.65. The summed E-state index contributed by atoms with van der Waals surface area (Å²) in [4.78, 5) is 11.4. The van der Waals surface area contributed by atoms with Crippen LogP contribution in [-0.4, -0.2) is 28.5 Å². The van der Waals surface area contributed by atoms with E-state index in [9.17, 15) is 0 Å². The molecule has 0 saturated carbocycles. The summed E-state index contributed by atoms with van der Waals surface area (Å²) in [5, 5.41) is 6.55. The SMILES string of the molecule is CCNCc1cccc(CN(C)Cc2csc(C)n2)n1. The maximum Gasteiger partial charge on any atom is 0.0897 e. The molecule has 0 aliphatic rings. The number of nitrogens with zero attached hydrogens (tertiary/aromatic N) is 3. The Kier molecular flexibility index (Phi) is 5.64. The molecule has 0 saturated heterocycles. The summed E-state index contributed by atoms with van der Waals surface area (Å²) in [5.41, 5.74) is 3.34. The molecule has 2 aromatic heterocycles. The number of aryl methyl sites for hydroxylation is 1. The minimum Gasteiger partial charge on any atom is -0.311 e. The highest BCUT2D eigenvalue weighted by atomic mass is 32.1. The van der Waals surface area contributed by atoms with E-state index in [0.717, 1.165) is 48.3 Å². The predicted molar refractivity (Wildman–Crippen MR) is 83.6 cm³/mol. The van der Waals surface area contributed by atoms with Crippen LogP contribution in [0.1, 0.15) is 29.0 Å². The van der Waals surface area contributed by atoms with Gasteiger partial charge in [0.2, 0.25) is 0 Å². The molecular weight excluding hydrogens is 268 g/mol. The number of pyridine rings is 1. The van der Waals surface area contributed by atoms with Gasteiger partial charge in [-0.3, -0.25) is 9.88 Å². The third-order valence-corrected chi connectivity index (χ3v) is 3.77. The molecule has 0 aromatic carbocycles. The molecule has 1 N–H and O–H groups in total. The number of thiazole rings is 1. The van der Waals surface area contributed by atoms with Crippen LogP contribution >= 0.6 is 11.3 Å². The maximum absolute atomic E-state index is 4.68. The fraction of sp³-hybridized carbons (Fsp3) is 0.467. The van der Waals surface area contributed by atoms with Gasteiger partial charge in [0.15, 0.2) is 0 Å². The van der Waals surface area contributed by atoms with E-state index in [-0.39, 0.29) is 0 Å². The molecule has 0 aliphatic carbocycles. The van der Waals surface area contributed by atoms with E-state index in [0.29, 0.717) is 0 Å². The Bertz CT molecular complexity index is 538. The summed E-state index contributed by atoms with van der Waals surface area (Å²) in [6.07, 6.45) is 0. The molecule has 108 valence electrons. The lowest BCUT2D eigenvalue weighted by Crippen LogP contribution is -2.19. The van der Waals surface area contributed by atoms with Crippen LogP contribution < -0.4 is 5.32 Å². The van der Waals surface area contributed by atoms with Crippen molar-refractivity contribution >= 4 is 11.3 Å². The molecule has 2 rings (SSSR count). The van der Waals surface area contributed by atoms with Crippen LogP contribution in [0.3, 0.4) is 0 Å². The molecule has 0 unspecified atom stereocenters. The van der Waals surface area contributed by atoms with E-state index in [1.807, 2.05) is 6.92 Å². The lowest BCUT2D eigenvalue weighted by Gasteiger charge is -2.15. The summed E-state index contributed by atoms with van der Waals surface area (Å²) < 4.78 is 0. The van der Waals surface area contributed by atoms with Crippen LogP contribution in [0.2, 0.25) is 0 Å². The number of rotatable bonds is 7. The number of hydrogen-bond acceptors (Lipinski definition) is 5. The molecule has 2 aromatic rings. The second kappa shape index (κ2) is 7.47. The van der Waals surface area contributed by atoms with Crippen LogP contribution in [0.15, 0.2) is 23.6 Å². The summed E-state index contributed by atoms with van der Waals surface area (Å²) >= 11 is 1.70. The fourth-order valence-electron chi connectivity index (χ4n) is 2.06. The van der Waals surface area contributed by atoms with E-state index in [2.05, 4.69) is 57.7 Å². The Labute approximate surface area is 124 Å². The average molecular weight is 290 g/mol. The molecule has 0 radical (unpaired) electrons. The van der Waals surface area contributed by atoms with E-state index in [1.54, 1.807) is 11.3 Å². The molecule has 0 aliphatic heterocycles. The van der Waals surface area contributed by atoms with Crippen molar-refractivity contribution in [1.29, 1.82) is 0 Å². The van der Waals surface area contributed by atoms with Gasteiger partial charge in [-0.1, -0.05) is 13.0 Å². The molecule has 5 heteroatoms. The number of aromatic nitrogens is 2. The van der Waals surface area contributed by atoms with Crippen LogP contribution in [0.5, 0.6) is 0 Å². The van der Waals surface area contributed by atoms with Gasteiger partial charge in [-0.15, -0.1) is 11.3 Å². The van der Waals surface area contributed by atoms with Crippen molar-refractivity contribution in [1.82, 2.24) is 20.2 Å². The molecule has 0 fully saturated rings. The maximum atomic E-state index is 4.68. The van der Waals surface area contributed by atoms with Crippen molar-refractivity contribution in [3.8, 4) is 0 Å². The van der Waals surface area contributed by atoms with Gasteiger partial charge in [0.1, 0.15) is 0 Å². The Morgan fingerprint density at radius 3 is 2.60 bits per heavy atom. The normalized spacial score (nSPS) is 11.2. The van der Waals surface area contributed by atoms with Crippen LogP contribution in [-0.2, 0) is 19.6 Å². The summed E-state index contributed by atoms with van der Waals surface area (Å²) in [6, 6.07) is 6.23. The lowest BCUT2D eigenvalue weighted by atomic mass is 10.3. The Morgan fingerprint density at radius 2 is 1.90 bits per heavy atom. The predicted octanol–water partition coefficient (Wildman–Crippen LogP) is 2.59. The van der Waals surface area contributed by atoms with E-state index in [4.69, 9.17) is 0 Å². The first-order chi connectivity index (χ1) is 9.67. The molecule has 2 heterocycles. The first kappa shape index (κ1) is 15.1. The monoisotopic (exact) mass is 290 g/mol. The Balaban J connectivity index is 1.91. The minimum absolute atomic E-state index is 0.833. The average Bonchev–Trinajstić information content (AvgIpc) is 2.82. The van der Waals surface area contributed by atoms with Crippen LogP contribution in [0.4, 0.5) is 0 Å². The Morgan fingerprint density at radius 1 is 1.15 bits per heavy atom. The number of hydrogen-bond donors (Lipinski definition) is 1.